The second-order valence-electron chi connectivity index (χ2n) is 4.43. The Morgan fingerprint density at radius 1 is 1.43 bits per heavy atom. The van der Waals surface area contributed by atoms with Crippen LogP contribution in [0.5, 0.6) is 5.75 Å². The van der Waals surface area contributed by atoms with E-state index in [1.807, 2.05) is 12.1 Å². The molecule has 0 aliphatic heterocycles. The topological polar surface area (TPSA) is 72.8 Å². The first kappa shape index (κ1) is 14.9. The van der Waals surface area contributed by atoms with Gasteiger partial charge < -0.3 is 10.1 Å². The third-order valence-electron chi connectivity index (χ3n) is 2.78. The maximum absolute atomic E-state index is 5.73. The Labute approximate surface area is 124 Å². The Morgan fingerprint density at radius 2 is 2.33 bits per heavy atom. The molecule has 0 radical (unpaired) electrons. The monoisotopic (exact) mass is 285 g/mol. The molecule has 0 unspecified atom stereocenters. The van der Waals surface area contributed by atoms with Gasteiger partial charge in [0.15, 0.2) is 17.4 Å². The molecule has 0 bridgehead atoms. The number of hydrogen-bond donors (Lipinski definition) is 1. The quantitative estimate of drug-likeness (QED) is 0.752. The zero-order valence-corrected chi connectivity index (χ0v) is 12.1. The zero-order valence-electron chi connectivity index (χ0n) is 12.1. The van der Waals surface area contributed by atoms with Gasteiger partial charge >= 0.3 is 0 Å². The summed E-state index contributed by atoms with van der Waals surface area (Å²) in [6.45, 7) is 6.99. The minimum Gasteiger partial charge on any atom is -0.482 e. The molecule has 0 aliphatic rings. The molecule has 0 aromatic carbocycles. The van der Waals surface area contributed by atoms with Crippen molar-refractivity contribution in [1.29, 1.82) is 0 Å². The molecule has 0 spiro atoms. The normalized spacial score (nSPS) is 10.1. The van der Waals surface area contributed by atoms with Crippen molar-refractivity contribution >= 4 is 11.9 Å². The van der Waals surface area contributed by atoms with Crippen LogP contribution in [0.3, 0.4) is 0 Å². The van der Waals surface area contributed by atoms with E-state index in [2.05, 4.69) is 39.0 Å². The van der Waals surface area contributed by atoms with E-state index in [4.69, 9.17) is 4.74 Å². The highest BCUT2D eigenvalue weighted by Gasteiger charge is 2.08. The van der Waals surface area contributed by atoms with Crippen LogP contribution in [0.25, 0.3) is 6.08 Å². The van der Waals surface area contributed by atoms with E-state index in [9.17, 15) is 0 Å². The van der Waals surface area contributed by atoms with Gasteiger partial charge in [-0.1, -0.05) is 19.9 Å². The number of nitrogens with zero attached hydrogens (tertiary/aromatic N) is 4. The summed E-state index contributed by atoms with van der Waals surface area (Å²) < 4.78 is 5.73. The summed E-state index contributed by atoms with van der Waals surface area (Å²) >= 11 is 0. The van der Waals surface area contributed by atoms with E-state index in [1.165, 1.54) is 0 Å². The van der Waals surface area contributed by atoms with E-state index in [0.29, 0.717) is 24.0 Å². The third-order valence-corrected chi connectivity index (χ3v) is 2.78. The van der Waals surface area contributed by atoms with E-state index in [-0.39, 0.29) is 0 Å². The minimum absolute atomic E-state index is 0.326. The second-order valence-corrected chi connectivity index (χ2v) is 4.43. The van der Waals surface area contributed by atoms with E-state index >= 15 is 0 Å². The van der Waals surface area contributed by atoms with Crippen molar-refractivity contribution in [3.63, 3.8) is 0 Å². The van der Waals surface area contributed by atoms with Gasteiger partial charge in [0.05, 0.1) is 6.20 Å². The summed E-state index contributed by atoms with van der Waals surface area (Å²) in [6.07, 6.45) is 7.06. The van der Waals surface area contributed by atoms with Crippen molar-refractivity contribution in [2.75, 3.05) is 11.9 Å². The molecule has 2 aromatic rings. The SMILES string of the molecule is C=Cc1ncc(OCc2cccnn2)c(NCCCC)n1. The van der Waals surface area contributed by atoms with E-state index in [0.717, 1.165) is 25.1 Å². The molecule has 2 rings (SSSR count). The van der Waals surface area contributed by atoms with Gasteiger partial charge in [-0.25, -0.2) is 9.97 Å². The van der Waals surface area contributed by atoms with Gasteiger partial charge in [0.1, 0.15) is 12.3 Å². The van der Waals surface area contributed by atoms with Gasteiger partial charge in [0.25, 0.3) is 0 Å². The van der Waals surface area contributed by atoms with Crippen molar-refractivity contribution < 1.29 is 4.74 Å². The van der Waals surface area contributed by atoms with Gasteiger partial charge in [-0.05, 0) is 24.6 Å². The Kier molecular flexibility index (Phi) is 5.63. The number of nitrogens with one attached hydrogen (secondary N) is 1. The number of anilines is 1. The molecule has 0 fully saturated rings. The minimum atomic E-state index is 0.326. The van der Waals surface area contributed by atoms with Crippen molar-refractivity contribution in [2.24, 2.45) is 0 Å². The highest BCUT2D eigenvalue weighted by molar-refractivity contribution is 5.52. The standard InChI is InChI=1S/C15H19N5O/c1-3-5-8-16-15-13(10-17-14(4-2)19-15)21-11-12-7-6-9-18-20-12/h4,6-7,9-10H,2-3,5,8,11H2,1H3,(H,16,17,19). The first-order chi connectivity index (χ1) is 10.3. The van der Waals surface area contributed by atoms with Gasteiger partial charge in [-0.2, -0.15) is 10.2 Å². The summed E-state index contributed by atoms with van der Waals surface area (Å²) in [6, 6.07) is 3.68. The highest BCUT2D eigenvalue weighted by Crippen LogP contribution is 2.22. The first-order valence-electron chi connectivity index (χ1n) is 6.96. The average molecular weight is 285 g/mol. The number of rotatable bonds is 8. The highest BCUT2D eigenvalue weighted by atomic mass is 16.5. The largest absolute Gasteiger partial charge is 0.482 e. The molecule has 2 heterocycles. The molecule has 6 nitrogen and oxygen atoms in total. The lowest BCUT2D eigenvalue weighted by Crippen LogP contribution is -2.08. The lowest BCUT2D eigenvalue weighted by Gasteiger charge is -2.12. The molecule has 21 heavy (non-hydrogen) atoms. The lowest BCUT2D eigenvalue weighted by molar-refractivity contribution is 0.299. The fourth-order valence-electron chi connectivity index (χ4n) is 1.66. The van der Waals surface area contributed by atoms with Crippen LogP contribution in [-0.2, 0) is 6.61 Å². The lowest BCUT2D eigenvalue weighted by atomic mass is 10.3. The van der Waals surface area contributed by atoms with Crippen LogP contribution in [0.4, 0.5) is 5.82 Å². The third kappa shape index (κ3) is 4.52. The van der Waals surface area contributed by atoms with Crippen LogP contribution in [0.15, 0.2) is 31.1 Å². The number of aromatic nitrogens is 4. The summed E-state index contributed by atoms with van der Waals surface area (Å²) in [7, 11) is 0. The van der Waals surface area contributed by atoms with Crippen LogP contribution in [0.1, 0.15) is 31.3 Å². The summed E-state index contributed by atoms with van der Waals surface area (Å²) in [5.41, 5.74) is 0.754. The molecule has 0 saturated heterocycles. The number of ether oxygens (including phenoxy) is 1. The molecular formula is C15H19N5O. The Balaban J connectivity index is 2.07. The maximum atomic E-state index is 5.73. The second kappa shape index (κ2) is 7.94. The first-order valence-corrected chi connectivity index (χ1v) is 6.96. The summed E-state index contributed by atoms with van der Waals surface area (Å²) in [4.78, 5) is 8.54. The molecular weight excluding hydrogens is 266 g/mol. The molecule has 0 atom stereocenters. The fraction of sp³-hybridized carbons (Fsp3) is 0.333. The Bertz CT molecular complexity index is 574. The molecule has 110 valence electrons. The van der Waals surface area contributed by atoms with Gasteiger partial charge in [0, 0.05) is 12.7 Å². The number of hydrogen-bond acceptors (Lipinski definition) is 6. The maximum Gasteiger partial charge on any atom is 0.180 e. The predicted molar refractivity (Wildman–Crippen MR) is 81.9 cm³/mol. The van der Waals surface area contributed by atoms with Crippen molar-refractivity contribution in [3.8, 4) is 5.75 Å². The van der Waals surface area contributed by atoms with Crippen LogP contribution in [0.2, 0.25) is 0 Å². The zero-order chi connectivity index (χ0) is 14.9. The summed E-state index contributed by atoms with van der Waals surface area (Å²) in [5, 5.41) is 11.1. The van der Waals surface area contributed by atoms with Crippen LogP contribution < -0.4 is 10.1 Å². The molecule has 0 saturated carbocycles. The summed E-state index contributed by atoms with van der Waals surface area (Å²) in [5.74, 6) is 1.85. The van der Waals surface area contributed by atoms with Crippen molar-refractivity contribution in [2.45, 2.75) is 26.4 Å². The smallest absolute Gasteiger partial charge is 0.180 e. The molecule has 0 amide bonds. The van der Waals surface area contributed by atoms with Gasteiger partial charge in [0.2, 0.25) is 0 Å². The van der Waals surface area contributed by atoms with Crippen molar-refractivity contribution in [1.82, 2.24) is 20.2 Å². The molecule has 2 aromatic heterocycles. The number of unbranched alkanes of at least 4 members (excludes halogenated alkanes) is 1. The predicted octanol–water partition coefficient (Wildman–Crippen LogP) is 2.70. The molecule has 1 N–H and O–H groups in total. The van der Waals surface area contributed by atoms with Crippen LogP contribution >= 0.6 is 0 Å². The Morgan fingerprint density at radius 3 is 3.05 bits per heavy atom. The van der Waals surface area contributed by atoms with Crippen LogP contribution in [-0.4, -0.2) is 26.7 Å². The molecule has 6 heteroatoms. The van der Waals surface area contributed by atoms with E-state index < -0.39 is 0 Å². The Hall–Kier alpha value is -2.50. The van der Waals surface area contributed by atoms with Crippen LogP contribution in [0, 0.1) is 0 Å². The fourth-order valence-corrected chi connectivity index (χ4v) is 1.66. The average Bonchev–Trinajstić information content (AvgIpc) is 2.54. The van der Waals surface area contributed by atoms with Crippen molar-refractivity contribution in [3.05, 3.63) is 42.6 Å². The van der Waals surface area contributed by atoms with Gasteiger partial charge in [-0.3, -0.25) is 0 Å². The van der Waals surface area contributed by atoms with Gasteiger partial charge in [-0.15, -0.1) is 0 Å². The molecule has 0 aliphatic carbocycles. The van der Waals surface area contributed by atoms with E-state index in [1.54, 1.807) is 18.5 Å².